The normalized spacial score (nSPS) is 21.5. The summed E-state index contributed by atoms with van der Waals surface area (Å²) in [6, 6.07) is 8.73. The highest BCUT2D eigenvalue weighted by Crippen LogP contribution is 2.42. The molecule has 0 spiro atoms. The molecule has 3 nitrogen and oxygen atoms in total. The second kappa shape index (κ2) is 6.66. The van der Waals surface area contributed by atoms with Crippen LogP contribution in [0.5, 0.6) is 0 Å². The zero-order valence-corrected chi connectivity index (χ0v) is 13.7. The fraction of sp³-hybridized carbons (Fsp3) is 0.526. The SMILES string of the molecule is CN(C)Cc1cccc(C2=C(C3CCCC3)CC/C2=N\O)c1. The Hall–Kier alpha value is -1.61. The molecule has 3 heteroatoms. The van der Waals surface area contributed by atoms with Crippen LogP contribution in [-0.4, -0.2) is 29.9 Å². The zero-order chi connectivity index (χ0) is 15.5. The van der Waals surface area contributed by atoms with Gasteiger partial charge in [0.25, 0.3) is 0 Å². The highest BCUT2D eigenvalue weighted by atomic mass is 16.4. The van der Waals surface area contributed by atoms with Crippen molar-refractivity contribution in [1.29, 1.82) is 0 Å². The van der Waals surface area contributed by atoms with Crippen LogP contribution in [0.1, 0.15) is 49.7 Å². The van der Waals surface area contributed by atoms with Crippen molar-refractivity contribution in [2.24, 2.45) is 11.1 Å². The standard InChI is InChI=1S/C19H26N2O/c1-21(2)13-14-6-5-9-16(12-14)19-17(10-11-18(19)20-22)15-7-3-4-8-15/h5-6,9,12,15,22H,3-4,7-8,10-11,13H2,1-2H3/b20-18+. The van der Waals surface area contributed by atoms with Crippen LogP contribution in [0.2, 0.25) is 0 Å². The first-order valence-corrected chi connectivity index (χ1v) is 8.37. The van der Waals surface area contributed by atoms with Crippen LogP contribution in [0.15, 0.2) is 35.0 Å². The van der Waals surface area contributed by atoms with E-state index in [0.29, 0.717) is 5.92 Å². The number of benzene rings is 1. The monoisotopic (exact) mass is 298 g/mol. The van der Waals surface area contributed by atoms with E-state index in [-0.39, 0.29) is 0 Å². The second-order valence-electron chi connectivity index (χ2n) is 6.87. The summed E-state index contributed by atoms with van der Waals surface area (Å²) >= 11 is 0. The van der Waals surface area contributed by atoms with Gasteiger partial charge in [-0.25, -0.2) is 0 Å². The highest BCUT2D eigenvalue weighted by molar-refractivity contribution is 6.26. The summed E-state index contributed by atoms with van der Waals surface area (Å²) in [4.78, 5) is 2.18. The van der Waals surface area contributed by atoms with Gasteiger partial charge in [0.05, 0.1) is 5.71 Å². The van der Waals surface area contributed by atoms with Gasteiger partial charge >= 0.3 is 0 Å². The van der Waals surface area contributed by atoms with Gasteiger partial charge in [0.1, 0.15) is 0 Å². The Labute approximate surface area is 133 Å². The third-order valence-corrected chi connectivity index (χ3v) is 4.92. The summed E-state index contributed by atoms with van der Waals surface area (Å²) in [5.41, 5.74) is 6.18. The van der Waals surface area contributed by atoms with E-state index in [1.165, 1.54) is 48.0 Å². The van der Waals surface area contributed by atoms with E-state index in [4.69, 9.17) is 0 Å². The van der Waals surface area contributed by atoms with Crippen molar-refractivity contribution >= 4 is 11.3 Å². The Morgan fingerprint density at radius 3 is 2.64 bits per heavy atom. The van der Waals surface area contributed by atoms with Crippen LogP contribution in [0.3, 0.4) is 0 Å². The van der Waals surface area contributed by atoms with Gasteiger partial charge in [-0.3, -0.25) is 0 Å². The minimum Gasteiger partial charge on any atom is -0.411 e. The first-order chi connectivity index (χ1) is 10.7. The molecule has 0 aliphatic heterocycles. The maximum Gasteiger partial charge on any atom is 0.0876 e. The van der Waals surface area contributed by atoms with Gasteiger partial charge in [-0.05, 0) is 62.9 Å². The summed E-state index contributed by atoms with van der Waals surface area (Å²) in [5, 5.41) is 13.0. The molecule has 3 rings (SSSR count). The van der Waals surface area contributed by atoms with Crippen molar-refractivity contribution in [1.82, 2.24) is 4.90 Å². The van der Waals surface area contributed by atoms with Gasteiger partial charge < -0.3 is 10.1 Å². The molecule has 1 fully saturated rings. The number of hydrogen-bond donors (Lipinski definition) is 1. The molecule has 1 aromatic rings. The lowest BCUT2D eigenvalue weighted by molar-refractivity contribution is 0.319. The highest BCUT2D eigenvalue weighted by Gasteiger charge is 2.30. The second-order valence-corrected chi connectivity index (χ2v) is 6.87. The van der Waals surface area contributed by atoms with Crippen LogP contribution < -0.4 is 0 Å². The predicted molar refractivity (Wildman–Crippen MR) is 91.2 cm³/mol. The Bertz CT molecular complexity index is 595. The number of rotatable bonds is 4. The predicted octanol–water partition coefficient (Wildman–Crippen LogP) is 4.32. The summed E-state index contributed by atoms with van der Waals surface area (Å²) < 4.78 is 0. The average molecular weight is 298 g/mol. The van der Waals surface area contributed by atoms with Crippen LogP contribution in [0.4, 0.5) is 0 Å². The molecule has 0 atom stereocenters. The number of oxime groups is 1. The fourth-order valence-corrected chi connectivity index (χ4v) is 4.01. The minimum absolute atomic E-state index is 0.701. The first kappa shape index (κ1) is 15.3. The van der Waals surface area contributed by atoms with Crippen molar-refractivity contribution in [3.63, 3.8) is 0 Å². The Kier molecular flexibility index (Phi) is 4.63. The Balaban J connectivity index is 1.99. The lowest BCUT2D eigenvalue weighted by atomic mass is 9.90. The molecule has 0 aromatic heterocycles. The molecule has 0 bridgehead atoms. The number of allylic oxidation sites excluding steroid dienone is 2. The molecule has 1 aromatic carbocycles. The van der Waals surface area contributed by atoms with Crippen molar-refractivity contribution < 1.29 is 5.21 Å². The van der Waals surface area contributed by atoms with Gasteiger partial charge in [-0.1, -0.05) is 41.8 Å². The minimum atomic E-state index is 0.701. The van der Waals surface area contributed by atoms with E-state index < -0.39 is 0 Å². The zero-order valence-electron chi connectivity index (χ0n) is 13.7. The molecule has 0 unspecified atom stereocenters. The molecular formula is C19H26N2O. The van der Waals surface area contributed by atoms with E-state index in [1.54, 1.807) is 0 Å². The van der Waals surface area contributed by atoms with Gasteiger partial charge in [0, 0.05) is 12.1 Å². The summed E-state index contributed by atoms with van der Waals surface area (Å²) in [7, 11) is 4.18. The van der Waals surface area contributed by atoms with E-state index in [2.05, 4.69) is 48.4 Å². The van der Waals surface area contributed by atoms with Crippen molar-refractivity contribution in [2.45, 2.75) is 45.1 Å². The molecule has 0 heterocycles. The van der Waals surface area contributed by atoms with Gasteiger partial charge in [-0.2, -0.15) is 0 Å². The van der Waals surface area contributed by atoms with E-state index in [0.717, 1.165) is 25.1 Å². The lowest BCUT2D eigenvalue weighted by Crippen LogP contribution is -2.11. The largest absolute Gasteiger partial charge is 0.411 e. The Morgan fingerprint density at radius 2 is 1.95 bits per heavy atom. The molecule has 1 N–H and O–H groups in total. The molecular weight excluding hydrogens is 272 g/mol. The molecule has 1 saturated carbocycles. The van der Waals surface area contributed by atoms with Crippen molar-refractivity contribution in [3.8, 4) is 0 Å². The maximum atomic E-state index is 9.42. The number of nitrogens with zero attached hydrogens (tertiary/aromatic N) is 2. The van der Waals surface area contributed by atoms with E-state index >= 15 is 0 Å². The van der Waals surface area contributed by atoms with Gasteiger partial charge in [-0.15, -0.1) is 0 Å². The van der Waals surface area contributed by atoms with E-state index in [9.17, 15) is 5.21 Å². The fourth-order valence-electron chi connectivity index (χ4n) is 4.01. The van der Waals surface area contributed by atoms with Crippen molar-refractivity contribution in [3.05, 3.63) is 41.0 Å². The van der Waals surface area contributed by atoms with Gasteiger partial charge in [0.15, 0.2) is 0 Å². The summed E-state index contributed by atoms with van der Waals surface area (Å²) in [6.07, 6.45) is 7.23. The summed E-state index contributed by atoms with van der Waals surface area (Å²) in [5.74, 6) is 0.701. The summed E-state index contributed by atoms with van der Waals surface area (Å²) in [6.45, 7) is 0.936. The molecule has 22 heavy (non-hydrogen) atoms. The lowest BCUT2D eigenvalue weighted by Gasteiger charge is -2.16. The average Bonchev–Trinajstić information content (AvgIpc) is 3.15. The van der Waals surface area contributed by atoms with Crippen LogP contribution in [-0.2, 0) is 6.54 Å². The Morgan fingerprint density at radius 1 is 1.18 bits per heavy atom. The van der Waals surface area contributed by atoms with Crippen LogP contribution in [0.25, 0.3) is 5.57 Å². The maximum absolute atomic E-state index is 9.42. The molecule has 2 aliphatic carbocycles. The first-order valence-electron chi connectivity index (χ1n) is 8.37. The number of hydrogen-bond acceptors (Lipinski definition) is 3. The molecule has 0 amide bonds. The quantitative estimate of drug-likeness (QED) is 0.664. The molecule has 0 saturated heterocycles. The van der Waals surface area contributed by atoms with Gasteiger partial charge in [0.2, 0.25) is 0 Å². The molecule has 118 valence electrons. The van der Waals surface area contributed by atoms with E-state index in [1.807, 2.05) is 0 Å². The molecule has 0 radical (unpaired) electrons. The van der Waals surface area contributed by atoms with Crippen LogP contribution in [0, 0.1) is 5.92 Å². The van der Waals surface area contributed by atoms with Crippen molar-refractivity contribution in [2.75, 3.05) is 14.1 Å². The smallest absolute Gasteiger partial charge is 0.0876 e. The topological polar surface area (TPSA) is 35.8 Å². The molecule has 2 aliphatic rings. The third kappa shape index (κ3) is 3.09. The van der Waals surface area contributed by atoms with Crippen LogP contribution >= 0.6 is 0 Å². The third-order valence-electron chi connectivity index (χ3n) is 4.92.